The van der Waals surface area contributed by atoms with Crippen LogP contribution in [0.1, 0.15) is 45.4 Å². The molecule has 1 heterocycles. The van der Waals surface area contributed by atoms with Gasteiger partial charge >= 0.3 is 5.97 Å². The van der Waals surface area contributed by atoms with Crippen molar-refractivity contribution in [2.45, 2.75) is 32.2 Å². The maximum absolute atomic E-state index is 13.6. The number of imidazole rings is 1. The quantitative estimate of drug-likeness (QED) is 0.0860. The number of carbonyl (C=O) groups is 3. The van der Waals surface area contributed by atoms with Crippen LogP contribution in [0.2, 0.25) is 0 Å². The molecule has 1 atom stereocenters. The Labute approximate surface area is 255 Å². The predicted molar refractivity (Wildman–Crippen MR) is 165 cm³/mol. The summed E-state index contributed by atoms with van der Waals surface area (Å²) in [5.74, 6) is 0.0774. The normalized spacial score (nSPS) is 11.2. The Hall–Kier alpha value is -5.52. The van der Waals surface area contributed by atoms with Crippen LogP contribution in [0.25, 0.3) is 11.0 Å². The molecule has 1 aromatic heterocycles. The first kappa shape index (κ1) is 33.0. The Morgan fingerprint density at radius 1 is 0.955 bits per heavy atom. The number of rotatable bonds is 11. The third-order valence-corrected chi connectivity index (χ3v) is 7.16. The molecule has 0 aliphatic rings. The molecule has 3 aromatic carbocycles. The second-order valence-corrected chi connectivity index (χ2v) is 10.00. The molecule has 1 amide bonds. The summed E-state index contributed by atoms with van der Waals surface area (Å²) in [4.78, 5) is 40.9. The molecule has 0 radical (unpaired) electrons. The van der Waals surface area contributed by atoms with Crippen molar-refractivity contribution in [2.24, 2.45) is 18.5 Å². The SMILES string of the molecule is CCOC(=O)C(Cc1ccc(C(=N)N)cc1)N(C)C(=O)c1ccc2c(c1)nc(CCc1ccc(C(=N)N)cc1)n2C.O=C[O-]. The van der Waals surface area contributed by atoms with Gasteiger partial charge in [-0.3, -0.25) is 15.6 Å². The number of nitrogens with zero attached hydrogens (tertiary/aromatic N) is 3. The smallest absolute Gasteiger partial charge is 0.329 e. The number of nitrogens with two attached hydrogens (primary N) is 2. The van der Waals surface area contributed by atoms with E-state index in [0.717, 1.165) is 28.9 Å². The lowest BCUT2D eigenvalue weighted by Crippen LogP contribution is -2.44. The molecule has 0 bridgehead atoms. The Balaban J connectivity index is 0.00000169. The van der Waals surface area contributed by atoms with E-state index in [4.69, 9.17) is 41.9 Å². The maximum Gasteiger partial charge on any atom is 0.329 e. The zero-order chi connectivity index (χ0) is 32.4. The number of nitrogen functional groups attached to an aromatic ring is 2. The highest BCUT2D eigenvalue weighted by molar-refractivity contribution is 5.99. The first-order valence-electron chi connectivity index (χ1n) is 13.8. The monoisotopic (exact) mass is 598 g/mol. The molecule has 1 unspecified atom stereocenters. The fraction of sp³-hybridized carbons (Fsp3) is 0.250. The lowest BCUT2D eigenvalue weighted by molar-refractivity contribution is -0.283. The van der Waals surface area contributed by atoms with Crippen molar-refractivity contribution in [3.05, 3.63) is 100 Å². The minimum Gasteiger partial charge on any atom is -0.554 e. The van der Waals surface area contributed by atoms with Gasteiger partial charge in [0.2, 0.25) is 0 Å². The van der Waals surface area contributed by atoms with E-state index in [2.05, 4.69) is 0 Å². The molecule has 0 aliphatic heterocycles. The highest BCUT2D eigenvalue weighted by atomic mass is 16.5. The van der Waals surface area contributed by atoms with Gasteiger partial charge in [0, 0.05) is 50.1 Å². The van der Waals surface area contributed by atoms with Gasteiger partial charge in [-0.1, -0.05) is 48.5 Å². The van der Waals surface area contributed by atoms with Gasteiger partial charge in [-0.05, 0) is 42.7 Å². The van der Waals surface area contributed by atoms with Crippen LogP contribution in [0.15, 0.2) is 66.7 Å². The first-order valence-corrected chi connectivity index (χ1v) is 13.8. The highest BCUT2D eigenvalue weighted by Crippen LogP contribution is 2.21. The predicted octanol–water partition coefficient (Wildman–Crippen LogP) is 1.54. The number of carboxylic acid groups (broad SMARTS) is 1. The molecule has 4 rings (SSSR count). The molecule has 12 nitrogen and oxygen atoms in total. The average molecular weight is 599 g/mol. The lowest BCUT2D eigenvalue weighted by atomic mass is 10.0. The number of benzene rings is 3. The molecule has 230 valence electrons. The number of amides is 1. The van der Waals surface area contributed by atoms with Gasteiger partial charge in [0.15, 0.2) is 0 Å². The van der Waals surface area contributed by atoms with Crippen LogP contribution >= 0.6 is 0 Å². The highest BCUT2D eigenvalue weighted by Gasteiger charge is 2.29. The third-order valence-electron chi connectivity index (χ3n) is 7.16. The van der Waals surface area contributed by atoms with Gasteiger partial charge in [0.1, 0.15) is 23.5 Å². The second kappa shape index (κ2) is 15.1. The standard InChI is InChI=1S/C31H35N7O3.CH2O2/c1-4-41-31(40)26(17-20-7-12-22(13-8-20)29(34)35)38(3)30(39)23-14-15-25-24(18-23)36-27(37(25)2)16-9-19-5-10-21(11-6-19)28(32)33;2-1-3/h5-8,10-15,18,26H,4,9,16-17H2,1-3H3,(H3,32,33)(H3,34,35);1H,(H,2,3)/p-1. The zero-order valence-corrected chi connectivity index (χ0v) is 24.9. The van der Waals surface area contributed by atoms with E-state index in [0.29, 0.717) is 28.6 Å². The van der Waals surface area contributed by atoms with Gasteiger partial charge in [-0.2, -0.15) is 0 Å². The molecule has 0 saturated heterocycles. The summed E-state index contributed by atoms with van der Waals surface area (Å²) in [6.45, 7) is 1.43. The van der Waals surface area contributed by atoms with Crippen molar-refractivity contribution >= 4 is 41.1 Å². The van der Waals surface area contributed by atoms with Crippen molar-refractivity contribution in [3.8, 4) is 0 Å². The number of amidine groups is 2. The van der Waals surface area contributed by atoms with Crippen molar-refractivity contribution in [1.29, 1.82) is 10.8 Å². The Morgan fingerprint density at radius 3 is 2.00 bits per heavy atom. The number of ether oxygens (including phenoxy) is 1. The fourth-order valence-electron chi connectivity index (χ4n) is 4.72. The van der Waals surface area contributed by atoms with Gasteiger partial charge in [-0.15, -0.1) is 0 Å². The van der Waals surface area contributed by atoms with Crippen LogP contribution in [0.3, 0.4) is 0 Å². The largest absolute Gasteiger partial charge is 0.554 e. The number of hydrogen-bond acceptors (Lipinski definition) is 8. The molecule has 4 aromatic rings. The van der Waals surface area contributed by atoms with Gasteiger partial charge in [-0.25, -0.2) is 9.78 Å². The Kier molecular flexibility index (Phi) is 11.3. The number of nitrogens with one attached hydrogen (secondary N) is 2. The molecule has 0 spiro atoms. The van der Waals surface area contributed by atoms with Crippen LogP contribution in [0.5, 0.6) is 0 Å². The number of aryl methyl sites for hydroxylation is 3. The molecule has 12 heteroatoms. The van der Waals surface area contributed by atoms with Crippen LogP contribution < -0.4 is 16.6 Å². The number of aromatic nitrogens is 2. The molecule has 0 fully saturated rings. The molecular weight excluding hydrogens is 562 g/mol. The van der Waals surface area contributed by atoms with Crippen LogP contribution in [-0.2, 0) is 40.6 Å². The maximum atomic E-state index is 13.6. The van der Waals surface area contributed by atoms with Crippen molar-refractivity contribution in [3.63, 3.8) is 0 Å². The number of fused-ring (bicyclic) bond motifs is 1. The van der Waals surface area contributed by atoms with Crippen molar-refractivity contribution < 1.29 is 24.2 Å². The number of hydrogen-bond donors (Lipinski definition) is 4. The summed E-state index contributed by atoms with van der Waals surface area (Å²) in [5.41, 5.74) is 16.3. The Morgan fingerprint density at radius 2 is 1.48 bits per heavy atom. The fourth-order valence-corrected chi connectivity index (χ4v) is 4.72. The Bertz CT molecular complexity index is 1650. The van der Waals surface area contributed by atoms with Gasteiger partial charge in [0.25, 0.3) is 5.91 Å². The summed E-state index contributed by atoms with van der Waals surface area (Å²) in [6.07, 6.45) is 1.71. The second-order valence-electron chi connectivity index (χ2n) is 10.00. The number of carbonyl (C=O) groups excluding carboxylic acids is 3. The molecule has 0 saturated carbocycles. The van der Waals surface area contributed by atoms with E-state index in [1.54, 1.807) is 50.4 Å². The summed E-state index contributed by atoms with van der Waals surface area (Å²) in [5, 5.41) is 23.4. The number of likely N-dealkylation sites (N-methyl/N-ethyl adjacent to an activating group) is 1. The molecule has 44 heavy (non-hydrogen) atoms. The molecular formula is C32H36N7O5-. The van der Waals surface area contributed by atoms with E-state index in [-0.39, 0.29) is 30.6 Å². The van der Waals surface area contributed by atoms with Gasteiger partial charge < -0.3 is 35.6 Å². The minimum atomic E-state index is -0.838. The summed E-state index contributed by atoms with van der Waals surface area (Å²) >= 11 is 0. The van der Waals surface area contributed by atoms with E-state index in [1.807, 2.05) is 41.9 Å². The third kappa shape index (κ3) is 8.06. The van der Waals surface area contributed by atoms with Gasteiger partial charge in [0.05, 0.1) is 17.6 Å². The van der Waals surface area contributed by atoms with E-state index in [1.165, 1.54) is 4.90 Å². The van der Waals surface area contributed by atoms with E-state index >= 15 is 0 Å². The van der Waals surface area contributed by atoms with E-state index in [9.17, 15) is 9.59 Å². The zero-order valence-electron chi connectivity index (χ0n) is 24.9. The molecule has 0 aliphatic carbocycles. The first-order chi connectivity index (χ1) is 21.0. The minimum absolute atomic E-state index is 0.0396. The topological polar surface area (TPSA) is 204 Å². The molecule has 6 N–H and O–H groups in total. The van der Waals surface area contributed by atoms with Crippen molar-refractivity contribution in [1.82, 2.24) is 14.5 Å². The van der Waals surface area contributed by atoms with Crippen LogP contribution in [-0.4, -0.2) is 64.2 Å². The van der Waals surface area contributed by atoms with Crippen LogP contribution in [0.4, 0.5) is 0 Å². The lowest BCUT2D eigenvalue weighted by Gasteiger charge is -2.27. The van der Waals surface area contributed by atoms with E-state index < -0.39 is 18.5 Å². The van der Waals surface area contributed by atoms with Crippen LogP contribution in [0, 0.1) is 10.8 Å². The summed E-state index contributed by atoms with van der Waals surface area (Å²) < 4.78 is 7.31. The summed E-state index contributed by atoms with van der Waals surface area (Å²) in [7, 11) is 3.55. The van der Waals surface area contributed by atoms with Crippen molar-refractivity contribution in [2.75, 3.05) is 13.7 Å². The number of esters is 1. The average Bonchev–Trinajstić information content (AvgIpc) is 3.33. The summed E-state index contributed by atoms with van der Waals surface area (Å²) in [6, 6.07) is 19.2.